The second-order valence-electron chi connectivity index (χ2n) is 4.80. The molecule has 0 fully saturated rings. The summed E-state index contributed by atoms with van der Waals surface area (Å²) in [6.07, 6.45) is -1.93. The number of ketones is 1. The number of rotatable bonds is 3. The van der Waals surface area contributed by atoms with Crippen LogP contribution in [-0.2, 0) is 0 Å². The van der Waals surface area contributed by atoms with Gasteiger partial charge in [-0.15, -0.1) is 0 Å². The Morgan fingerprint density at radius 3 is 2.48 bits per heavy atom. The van der Waals surface area contributed by atoms with Gasteiger partial charge < -0.3 is 35.4 Å². The van der Waals surface area contributed by atoms with E-state index < -0.39 is 35.3 Å². The van der Waals surface area contributed by atoms with Crippen LogP contribution in [0.1, 0.15) is 10.4 Å². The molecule has 23 heavy (non-hydrogen) atoms. The van der Waals surface area contributed by atoms with Crippen molar-refractivity contribution in [3.63, 3.8) is 0 Å². The lowest BCUT2D eigenvalue weighted by molar-refractivity contribution is 0.0349. The zero-order chi connectivity index (χ0) is 17.3. The number of aliphatic hydroxyl groups is 4. The van der Waals surface area contributed by atoms with Crippen LogP contribution in [0.5, 0.6) is 17.2 Å². The first-order valence-corrected chi connectivity index (χ1v) is 6.34. The standard InChI is InChI=1S/C15H14O8/c1-6(2-8(18)10(20)5-16)15-14(22)13(21)12-9(19)3-7(17)4-11(12)23-15/h2-5,14-20,22H,1H2/b8-2+,10-5-. The molecule has 0 aromatic heterocycles. The number of hydrogen-bond acceptors (Lipinski definition) is 8. The van der Waals surface area contributed by atoms with E-state index in [0.717, 1.165) is 18.2 Å². The minimum atomic E-state index is -1.73. The van der Waals surface area contributed by atoms with E-state index in [0.29, 0.717) is 0 Å². The van der Waals surface area contributed by atoms with Gasteiger partial charge in [-0.2, -0.15) is 0 Å². The van der Waals surface area contributed by atoms with Crippen molar-refractivity contribution in [1.29, 1.82) is 0 Å². The van der Waals surface area contributed by atoms with Crippen LogP contribution in [-0.4, -0.2) is 48.6 Å². The fourth-order valence-corrected chi connectivity index (χ4v) is 2.09. The number of aromatic hydroxyl groups is 2. The van der Waals surface area contributed by atoms with Crippen LogP contribution >= 0.6 is 0 Å². The lowest BCUT2D eigenvalue weighted by atomic mass is 9.93. The Hall–Kier alpha value is -3.13. The molecule has 0 amide bonds. The van der Waals surface area contributed by atoms with Crippen LogP contribution in [0.2, 0.25) is 0 Å². The molecule has 2 atom stereocenters. The molecule has 2 rings (SSSR count). The molecule has 8 heteroatoms. The Morgan fingerprint density at radius 2 is 1.87 bits per heavy atom. The molecular weight excluding hydrogens is 308 g/mol. The zero-order valence-electron chi connectivity index (χ0n) is 11.7. The molecule has 0 spiro atoms. The maximum Gasteiger partial charge on any atom is 0.202 e. The van der Waals surface area contributed by atoms with Crippen molar-refractivity contribution < 1.29 is 40.2 Å². The van der Waals surface area contributed by atoms with E-state index in [2.05, 4.69) is 6.58 Å². The van der Waals surface area contributed by atoms with Gasteiger partial charge in [-0.25, -0.2) is 0 Å². The molecule has 122 valence electrons. The largest absolute Gasteiger partial charge is 0.512 e. The van der Waals surface area contributed by atoms with Gasteiger partial charge in [0.1, 0.15) is 29.1 Å². The molecule has 8 nitrogen and oxygen atoms in total. The quantitative estimate of drug-likeness (QED) is 0.361. The lowest BCUT2D eigenvalue weighted by Crippen LogP contribution is -2.43. The van der Waals surface area contributed by atoms with Gasteiger partial charge in [-0.3, -0.25) is 4.79 Å². The number of carbonyl (C=O) groups is 1. The number of ether oxygens (including phenoxy) is 1. The molecule has 1 aromatic rings. The number of hydrogen-bond donors (Lipinski definition) is 6. The van der Waals surface area contributed by atoms with E-state index in [-0.39, 0.29) is 28.9 Å². The summed E-state index contributed by atoms with van der Waals surface area (Å²) in [6.45, 7) is 3.52. The number of fused-ring (bicyclic) bond motifs is 1. The summed E-state index contributed by atoms with van der Waals surface area (Å²) in [5.41, 5.74) is -0.379. The average Bonchev–Trinajstić information content (AvgIpc) is 2.48. The first-order chi connectivity index (χ1) is 10.8. The summed E-state index contributed by atoms with van der Waals surface area (Å²) >= 11 is 0. The predicted molar refractivity (Wildman–Crippen MR) is 77.7 cm³/mol. The zero-order valence-corrected chi connectivity index (χ0v) is 11.7. The molecule has 6 N–H and O–H groups in total. The monoisotopic (exact) mass is 322 g/mol. The van der Waals surface area contributed by atoms with Gasteiger partial charge in [0.2, 0.25) is 5.78 Å². The first kappa shape index (κ1) is 16.2. The van der Waals surface area contributed by atoms with Crippen molar-refractivity contribution in [1.82, 2.24) is 0 Å². The number of Topliss-reactive ketones (excluding diaryl/α,β-unsaturated/α-hetero) is 1. The SMILES string of the molecule is C=C(/C=C(O)\C(O)=C\O)C1Oc2cc(O)cc(O)c2C(=O)C1O. The topological polar surface area (TPSA) is 148 Å². The minimum absolute atomic E-state index is 0.0924. The molecule has 0 saturated heterocycles. The Labute approximate surface area is 130 Å². The van der Waals surface area contributed by atoms with Crippen LogP contribution < -0.4 is 4.74 Å². The Kier molecular flexibility index (Phi) is 4.19. The third-order valence-corrected chi connectivity index (χ3v) is 3.19. The van der Waals surface area contributed by atoms with Crippen LogP contribution in [0.25, 0.3) is 0 Å². The van der Waals surface area contributed by atoms with Gasteiger partial charge in [0.05, 0.1) is 0 Å². The van der Waals surface area contributed by atoms with Crippen molar-refractivity contribution in [2.24, 2.45) is 0 Å². The molecule has 0 saturated carbocycles. The molecule has 0 radical (unpaired) electrons. The normalized spacial score (nSPS) is 21.5. The summed E-state index contributed by atoms with van der Waals surface area (Å²) in [7, 11) is 0. The van der Waals surface area contributed by atoms with Crippen molar-refractivity contribution >= 4 is 5.78 Å². The summed E-state index contributed by atoms with van der Waals surface area (Å²) in [5.74, 6) is -3.53. The maximum absolute atomic E-state index is 12.1. The van der Waals surface area contributed by atoms with Crippen LogP contribution in [0.3, 0.4) is 0 Å². The van der Waals surface area contributed by atoms with Crippen molar-refractivity contribution in [3.8, 4) is 17.2 Å². The second-order valence-corrected chi connectivity index (χ2v) is 4.80. The van der Waals surface area contributed by atoms with Gasteiger partial charge in [0, 0.05) is 12.1 Å². The number of carbonyl (C=O) groups excluding carboxylic acids is 1. The smallest absolute Gasteiger partial charge is 0.202 e. The number of phenols is 2. The summed E-state index contributed by atoms with van der Waals surface area (Å²) in [6, 6.07) is 2.01. The Morgan fingerprint density at radius 1 is 1.22 bits per heavy atom. The molecule has 1 aromatic carbocycles. The maximum atomic E-state index is 12.1. The number of benzene rings is 1. The molecule has 0 bridgehead atoms. The van der Waals surface area contributed by atoms with Crippen LogP contribution in [0.15, 0.2) is 48.1 Å². The number of aliphatic hydroxyl groups excluding tert-OH is 4. The van der Waals surface area contributed by atoms with Gasteiger partial charge >= 0.3 is 0 Å². The van der Waals surface area contributed by atoms with Gasteiger partial charge in [0.15, 0.2) is 23.7 Å². The number of phenolic OH excluding ortho intramolecular Hbond substituents is 2. The van der Waals surface area contributed by atoms with Gasteiger partial charge in [-0.05, 0) is 11.6 Å². The van der Waals surface area contributed by atoms with Crippen LogP contribution in [0, 0.1) is 0 Å². The van der Waals surface area contributed by atoms with Crippen molar-refractivity contribution in [2.45, 2.75) is 12.2 Å². The second kappa shape index (κ2) is 5.93. The van der Waals surface area contributed by atoms with Crippen molar-refractivity contribution in [3.05, 3.63) is 53.7 Å². The van der Waals surface area contributed by atoms with E-state index in [1.807, 2.05) is 0 Å². The highest BCUT2D eigenvalue weighted by molar-refractivity contribution is 6.05. The van der Waals surface area contributed by atoms with Crippen molar-refractivity contribution in [2.75, 3.05) is 0 Å². The van der Waals surface area contributed by atoms with Gasteiger partial charge in [0.25, 0.3) is 0 Å². The highest BCUT2D eigenvalue weighted by atomic mass is 16.5. The predicted octanol–water partition coefficient (Wildman–Crippen LogP) is 1.36. The summed E-state index contributed by atoms with van der Waals surface area (Å²) in [4.78, 5) is 12.1. The molecule has 1 aliphatic heterocycles. The third-order valence-electron chi connectivity index (χ3n) is 3.19. The third kappa shape index (κ3) is 2.92. The van der Waals surface area contributed by atoms with E-state index in [1.54, 1.807) is 0 Å². The first-order valence-electron chi connectivity index (χ1n) is 6.34. The Balaban J connectivity index is 2.40. The fraction of sp³-hybridized carbons (Fsp3) is 0.133. The highest BCUT2D eigenvalue weighted by Gasteiger charge is 2.39. The molecule has 1 aliphatic rings. The van der Waals surface area contributed by atoms with Crippen LogP contribution in [0.4, 0.5) is 0 Å². The van der Waals surface area contributed by atoms with E-state index in [9.17, 15) is 25.2 Å². The molecule has 2 unspecified atom stereocenters. The summed E-state index contributed by atoms with van der Waals surface area (Å²) < 4.78 is 5.34. The van der Waals surface area contributed by atoms with E-state index >= 15 is 0 Å². The molecule has 1 heterocycles. The Bertz CT molecular complexity index is 731. The summed E-state index contributed by atoms with van der Waals surface area (Å²) in [5, 5.41) is 56.3. The fourth-order valence-electron chi connectivity index (χ4n) is 2.09. The molecule has 0 aliphatic carbocycles. The molecular formula is C15H14O8. The minimum Gasteiger partial charge on any atom is -0.512 e. The van der Waals surface area contributed by atoms with E-state index in [4.69, 9.17) is 14.9 Å². The average molecular weight is 322 g/mol. The van der Waals surface area contributed by atoms with E-state index in [1.165, 1.54) is 0 Å². The van der Waals surface area contributed by atoms with Gasteiger partial charge in [-0.1, -0.05) is 6.58 Å². The lowest BCUT2D eigenvalue weighted by Gasteiger charge is -2.30. The highest BCUT2D eigenvalue weighted by Crippen LogP contribution is 2.39.